The van der Waals surface area contributed by atoms with Crippen LogP contribution in [0.5, 0.6) is 0 Å². The zero-order valence-corrected chi connectivity index (χ0v) is 15.7. The van der Waals surface area contributed by atoms with Gasteiger partial charge in [-0.1, -0.05) is 37.2 Å². The van der Waals surface area contributed by atoms with Gasteiger partial charge in [-0.15, -0.1) is 0 Å². The third-order valence-electron chi connectivity index (χ3n) is 4.34. The number of nitrogens with one attached hydrogen (secondary N) is 2. The van der Waals surface area contributed by atoms with Crippen molar-refractivity contribution in [1.82, 2.24) is 15.5 Å². The first-order valence-corrected chi connectivity index (χ1v) is 8.92. The first kappa shape index (κ1) is 18.7. The second-order valence-corrected chi connectivity index (χ2v) is 6.70. The summed E-state index contributed by atoms with van der Waals surface area (Å²) in [5.41, 5.74) is 2.96. The highest BCUT2D eigenvalue weighted by molar-refractivity contribution is 5.93. The molecule has 3 aromatic rings. The van der Waals surface area contributed by atoms with Crippen molar-refractivity contribution in [3.05, 3.63) is 53.0 Å². The van der Waals surface area contributed by atoms with Gasteiger partial charge in [0.2, 0.25) is 0 Å². The largest absolute Gasteiger partial charge is 0.452 e. The SMILES string of the molecule is Cc1noc(C(C)C)c1C(=O)OCC(=O)NCCc1c[nH]c2ccccc12. The Bertz CT molecular complexity index is 955. The highest BCUT2D eigenvalue weighted by Gasteiger charge is 2.24. The fourth-order valence-corrected chi connectivity index (χ4v) is 2.96. The average molecular weight is 369 g/mol. The third-order valence-corrected chi connectivity index (χ3v) is 4.34. The predicted molar refractivity (Wildman–Crippen MR) is 101 cm³/mol. The van der Waals surface area contributed by atoms with Crippen molar-refractivity contribution in [2.24, 2.45) is 0 Å². The number of fused-ring (bicyclic) bond motifs is 1. The second-order valence-electron chi connectivity index (χ2n) is 6.70. The maximum absolute atomic E-state index is 12.3. The van der Waals surface area contributed by atoms with E-state index in [9.17, 15) is 9.59 Å². The molecule has 0 saturated heterocycles. The van der Waals surface area contributed by atoms with Crippen LogP contribution in [-0.2, 0) is 16.0 Å². The van der Waals surface area contributed by atoms with E-state index in [0.29, 0.717) is 30.0 Å². The number of aryl methyl sites for hydroxylation is 1. The van der Waals surface area contributed by atoms with E-state index in [1.54, 1.807) is 6.92 Å². The molecule has 27 heavy (non-hydrogen) atoms. The maximum atomic E-state index is 12.3. The Labute approximate surface area is 157 Å². The molecule has 0 aliphatic heterocycles. The number of aromatic amines is 1. The molecule has 0 fully saturated rings. The summed E-state index contributed by atoms with van der Waals surface area (Å²) >= 11 is 0. The van der Waals surface area contributed by atoms with Crippen molar-refractivity contribution in [2.75, 3.05) is 13.2 Å². The topological polar surface area (TPSA) is 97.2 Å². The van der Waals surface area contributed by atoms with Crippen LogP contribution >= 0.6 is 0 Å². The molecule has 0 aliphatic carbocycles. The summed E-state index contributed by atoms with van der Waals surface area (Å²) < 4.78 is 10.3. The molecule has 0 aliphatic rings. The number of esters is 1. The van der Waals surface area contributed by atoms with Gasteiger partial charge in [-0.25, -0.2) is 4.79 Å². The average Bonchev–Trinajstić information content (AvgIpc) is 3.23. The normalized spacial score (nSPS) is 11.1. The van der Waals surface area contributed by atoms with Gasteiger partial charge in [0.15, 0.2) is 12.4 Å². The smallest absolute Gasteiger partial charge is 0.344 e. The van der Waals surface area contributed by atoms with Crippen LogP contribution in [-0.4, -0.2) is 35.2 Å². The van der Waals surface area contributed by atoms with Gasteiger partial charge in [0, 0.05) is 29.6 Å². The number of carbonyl (C=O) groups excluding carboxylic acids is 2. The molecule has 0 saturated carbocycles. The minimum atomic E-state index is -0.593. The van der Waals surface area contributed by atoms with Crippen molar-refractivity contribution >= 4 is 22.8 Å². The Kier molecular flexibility index (Phi) is 5.59. The van der Waals surface area contributed by atoms with E-state index >= 15 is 0 Å². The van der Waals surface area contributed by atoms with Crippen molar-refractivity contribution in [2.45, 2.75) is 33.1 Å². The number of para-hydroxylation sites is 1. The van der Waals surface area contributed by atoms with E-state index in [1.807, 2.05) is 44.3 Å². The Balaban J connectivity index is 1.49. The molecule has 3 rings (SSSR count). The van der Waals surface area contributed by atoms with Crippen molar-refractivity contribution < 1.29 is 18.8 Å². The maximum Gasteiger partial charge on any atom is 0.344 e. The van der Waals surface area contributed by atoms with Gasteiger partial charge in [-0.2, -0.15) is 0 Å². The number of nitrogens with zero attached hydrogens (tertiary/aromatic N) is 1. The third kappa shape index (κ3) is 4.19. The number of hydrogen-bond acceptors (Lipinski definition) is 5. The van der Waals surface area contributed by atoms with E-state index in [2.05, 4.69) is 15.5 Å². The lowest BCUT2D eigenvalue weighted by atomic mass is 10.1. The zero-order chi connectivity index (χ0) is 19.4. The lowest BCUT2D eigenvalue weighted by molar-refractivity contribution is -0.124. The quantitative estimate of drug-likeness (QED) is 0.624. The Morgan fingerprint density at radius 3 is 2.85 bits per heavy atom. The Morgan fingerprint density at radius 1 is 1.30 bits per heavy atom. The molecule has 7 heteroatoms. The van der Waals surface area contributed by atoms with E-state index in [0.717, 1.165) is 16.5 Å². The monoisotopic (exact) mass is 369 g/mol. The molecular weight excluding hydrogens is 346 g/mol. The summed E-state index contributed by atoms with van der Waals surface area (Å²) in [6.45, 7) is 5.59. The summed E-state index contributed by atoms with van der Waals surface area (Å²) in [6, 6.07) is 8.00. The van der Waals surface area contributed by atoms with Gasteiger partial charge in [0.1, 0.15) is 5.56 Å². The van der Waals surface area contributed by atoms with Crippen LogP contribution < -0.4 is 5.32 Å². The summed E-state index contributed by atoms with van der Waals surface area (Å²) in [6.07, 6.45) is 2.63. The standard InChI is InChI=1S/C20H23N3O4/c1-12(2)19-18(13(3)23-27-19)20(25)26-11-17(24)21-9-8-14-10-22-16-7-5-4-6-15(14)16/h4-7,10,12,22H,8-9,11H2,1-3H3,(H,21,24). The van der Waals surface area contributed by atoms with E-state index in [1.165, 1.54) is 0 Å². The molecule has 1 aromatic carbocycles. The van der Waals surface area contributed by atoms with Crippen LogP contribution in [0.2, 0.25) is 0 Å². The second kappa shape index (κ2) is 8.07. The van der Waals surface area contributed by atoms with Crippen molar-refractivity contribution in [3.8, 4) is 0 Å². The number of rotatable bonds is 7. The molecule has 7 nitrogen and oxygen atoms in total. The number of carbonyl (C=O) groups is 2. The molecular formula is C20H23N3O4. The van der Waals surface area contributed by atoms with E-state index in [-0.39, 0.29) is 18.4 Å². The Morgan fingerprint density at radius 2 is 2.07 bits per heavy atom. The molecule has 0 spiro atoms. The van der Waals surface area contributed by atoms with Gasteiger partial charge >= 0.3 is 5.97 Å². The number of hydrogen-bond donors (Lipinski definition) is 2. The van der Waals surface area contributed by atoms with Crippen molar-refractivity contribution in [1.29, 1.82) is 0 Å². The molecule has 2 aromatic heterocycles. The highest BCUT2D eigenvalue weighted by atomic mass is 16.5. The van der Waals surface area contributed by atoms with Crippen LogP contribution in [0.15, 0.2) is 35.0 Å². The van der Waals surface area contributed by atoms with E-state index in [4.69, 9.17) is 9.26 Å². The van der Waals surface area contributed by atoms with E-state index < -0.39 is 5.97 Å². The molecule has 1 amide bonds. The van der Waals surface area contributed by atoms with Crippen LogP contribution in [0.3, 0.4) is 0 Å². The van der Waals surface area contributed by atoms with Crippen LogP contribution in [0.4, 0.5) is 0 Å². The van der Waals surface area contributed by atoms with Crippen LogP contribution in [0, 0.1) is 6.92 Å². The lowest BCUT2D eigenvalue weighted by Crippen LogP contribution is -2.30. The number of aromatic nitrogens is 2. The molecule has 0 bridgehead atoms. The summed E-state index contributed by atoms with van der Waals surface area (Å²) in [5, 5.41) is 7.72. The first-order chi connectivity index (χ1) is 13.0. The minimum Gasteiger partial charge on any atom is -0.452 e. The number of benzene rings is 1. The van der Waals surface area contributed by atoms with Gasteiger partial charge in [0.25, 0.3) is 5.91 Å². The molecule has 0 radical (unpaired) electrons. The van der Waals surface area contributed by atoms with Crippen LogP contribution in [0.1, 0.15) is 47.1 Å². The first-order valence-electron chi connectivity index (χ1n) is 8.92. The van der Waals surface area contributed by atoms with Crippen molar-refractivity contribution in [3.63, 3.8) is 0 Å². The van der Waals surface area contributed by atoms with Crippen LogP contribution in [0.25, 0.3) is 10.9 Å². The minimum absolute atomic E-state index is 0.00116. The molecule has 0 atom stereocenters. The summed E-state index contributed by atoms with van der Waals surface area (Å²) in [4.78, 5) is 27.4. The van der Waals surface area contributed by atoms with Gasteiger partial charge in [0.05, 0.1) is 5.69 Å². The fourth-order valence-electron chi connectivity index (χ4n) is 2.96. The summed E-state index contributed by atoms with van der Waals surface area (Å²) in [5.74, 6) is -0.469. The number of ether oxygens (including phenoxy) is 1. The zero-order valence-electron chi connectivity index (χ0n) is 15.7. The predicted octanol–water partition coefficient (Wildman–Crippen LogP) is 3.10. The highest BCUT2D eigenvalue weighted by Crippen LogP contribution is 2.23. The summed E-state index contributed by atoms with van der Waals surface area (Å²) in [7, 11) is 0. The van der Waals surface area contributed by atoms with Gasteiger partial charge < -0.3 is 19.6 Å². The molecule has 2 N–H and O–H groups in total. The van der Waals surface area contributed by atoms with Gasteiger partial charge in [-0.05, 0) is 25.0 Å². The molecule has 2 heterocycles. The molecule has 142 valence electrons. The van der Waals surface area contributed by atoms with Gasteiger partial charge in [-0.3, -0.25) is 4.79 Å². The lowest BCUT2D eigenvalue weighted by Gasteiger charge is -2.07. The fraction of sp³-hybridized carbons (Fsp3) is 0.350. The number of amides is 1. The Hall–Kier alpha value is -3.09. The number of H-pyrrole nitrogens is 1. The molecule has 0 unspecified atom stereocenters.